The summed E-state index contributed by atoms with van der Waals surface area (Å²) < 4.78 is 3.35. The van der Waals surface area contributed by atoms with Gasteiger partial charge in [-0.05, 0) is 62.1 Å². The van der Waals surface area contributed by atoms with E-state index in [4.69, 9.17) is 0 Å². The average molecular weight is 355 g/mol. The van der Waals surface area contributed by atoms with Crippen LogP contribution in [0.5, 0.6) is 0 Å². The highest BCUT2D eigenvalue weighted by Crippen LogP contribution is 2.26. The molecular formula is C16H27BrN4. The summed E-state index contributed by atoms with van der Waals surface area (Å²) in [5.74, 6) is 0. The maximum absolute atomic E-state index is 4.61. The molecule has 1 atom stereocenters. The second-order valence-electron chi connectivity index (χ2n) is 6.44. The minimum atomic E-state index is 0.781. The standard InChI is InChI=1S/C16H27BrN4/c1-3-21-15(16(17)13(2)18-21)12-19-10-7-14(11-19)20-8-5-4-6-9-20/h14H,3-12H2,1-2H3. The first kappa shape index (κ1) is 15.5. The van der Waals surface area contributed by atoms with E-state index in [2.05, 4.69) is 49.4 Å². The third-order valence-corrected chi connectivity index (χ3v) is 6.01. The van der Waals surface area contributed by atoms with E-state index in [1.807, 2.05) is 0 Å². The van der Waals surface area contributed by atoms with E-state index in [9.17, 15) is 0 Å². The van der Waals surface area contributed by atoms with Gasteiger partial charge in [0, 0.05) is 32.2 Å². The van der Waals surface area contributed by atoms with Crippen LogP contribution in [0.25, 0.3) is 0 Å². The first-order valence-corrected chi connectivity index (χ1v) is 9.16. The first-order valence-electron chi connectivity index (χ1n) is 8.37. The maximum atomic E-state index is 4.61. The fourth-order valence-corrected chi connectivity index (χ4v) is 4.18. The summed E-state index contributed by atoms with van der Waals surface area (Å²) in [5, 5.41) is 4.61. The second-order valence-corrected chi connectivity index (χ2v) is 7.23. The van der Waals surface area contributed by atoms with E-state index < -0.39 is 0 Å². The zero-order valence-electron chi connectivity index (χ0n) is 13.3. The van der Waals surface area contributed by atoms with Crippen molar-refractivity contribution in [2.45, 2.75) is 58.7 Å². The molecule has 0 amide bonds. The van der Waals surface area contributed by atoms with Gasteiger partial charge in [0.05, 0.1) is 15.9 Å². The van der Waals surface area contributed by atoms with Crippen molar-refractivity contribution in [1.29, 1.82) is 0 Å². The summed E-state index contributed by atoms with van der Waals surface area (Å²) in [5.41, 5.74) is 2.45. The first-order chi connectivity index (χ1) is 10.2. The van der Waals surface area contributed by atoms with E-state index >= 15 is 0 Å². The molecule has 21 heavy (non-hydrogen) atoms. The van der Waals surface area contributed by atoms with Gasteiger partial charge >= 0.3 is 0 Å². The van der Waals surface area contributed by atoms with Crippen LogP contribution in [-0.4, -0.2) is 51.8 Å². The minimum Gasteiger partial charge on any atom is -0.299 e. The molecule has 0 saturated carbocycles. The third-order valence-electron chi connectivity index (χ3n) is 4.98. The van der Waals surface area contributed by atoms with Gasteiger partial charge in [-0.1, -0.05) is 6.42 Å². The highest BCUT2D eigenvalue weighted by molar-refractivity contribution is 9.10. The Morgan fingerprint density at radius 3 is 2.67 bits per heavy atom. The molecule has 2 fully saturated rings. The van der Waals surface area contributed by atoms with Gasteiger partial charge in [0.1, 0.15) is 0 Å². The molecule has 0 N–H and O–H groups in total. The normalized spacial score (nSPS) is 24.8. The Morgan fingerprint density at radius 2 is 1.95 bits per heavy atom. The van der Waals surface area contributed by atoms with Crippen LogP contribution in [-0.2, 0) is 13.1 Å². The van der Waals surface area contributed by atoms with Crippen LogP contribution in [0, 0.1) is 6.92 Å². The van der Waals surface area contributed by atoms with Crippen molar-refractivity contribution in [3.63, 3.8) is 0 Å². The molecule has 0 aromatic carbocycles. The number of aryl methyl sites for hydroxylation is 2. The summed E-state index contributed by atoms with van der Waals surface area (Å²) in [6.45, 7) is 11.3. The highest BCUT2D eigenvalue weighted by Gasteiger charge is 2.29. The molecule has 2 aliphatic rings. The topological polar surface area (TPSA) is 24.3 Å². The van der Waals surface area contributed by atoms with Crippen molar-refractivity contribution < 1.29 is 0 Å². The van der Waals surface area contributed by atoms with Gasteiger partial charge < -0.3 is 0 Å². The van der Waals surface area contributed by atoms with Gasteiger partial charge in [0.15, 0.2) is 0 Å². The number of hydrogen-bond donors (Lipinski definition) is 0. The van der Waals surface area contributed by atoms with Crippen molar-refractivity contribution in [2.24, 2.45) is 0 Å². The van der Waals surface area contributed by atoms with Crippen LogP contribution in [0.1, 0.15) is 44.0 Å². The van der Waals surface area contributed by atoms with E-state index in [-0.39, 0.29) is 0 Å². The fourth-order valence-electron chi connectivity index (χ4n) is 3.77. The number of rotatable bonds is 4. The summed E-state index contributed by atoms with van der Waals surface area (Å²) in [6, 6.07) is 0.781. The molecule has 2 aliphatic heterocycles. The molecule has 4 nitrogen and oxygen atoms in total. The lowest BCUT2D eigenvalue weighted by atomic mass is 10.1. The Hall–Kier alpha value is -0.390. The Kier molecular flexibility index (Phi) is 5.02. The van der Waals surface area contributed by atoms with Crippen molar-refractivity contribution >= 4 is 15.9 Å². The minimum absolute atomic E-state index is 0.781. The zero-order chi connectivity index (χ0) is 14.8. The number of halogens is 1. The van der Waals surface area contributed by atoms with Gasteiger partial charge in [0.2, 0.25) is 0 Å². The molecule has 0 aliphatic carbocycles. The van der Waals surface area contributed by atoms with Crippen molar-refractivity contribution in [3.8, 4) is 0 Å². The number of nitrogens with zero attached hydrogens (tertiary/aromatic N) is 4. The summed E-state index contributed by atoms with van der Waals surface area (Å²) in [6.07, 6.45) is 5.54. The van der Waals surface area contributed by atoms with Gasteiger partial charge in [-0.2, -0.15) is 5.10 Å². The van der Waals surface area contributed by atoms with Crippen LogP contribution >= 0.6 is 15.9 Å². The quantitative estimate of drug-likeness (QED) is 0.830. The molecule has 1 aromatic heterocycles. The molecule has 0 radical (unpaired) electrons. The molecule has 0 bridgehead atoms. The number of hydrogen-bond acceptors (Lipinski definition) is 3. The van der Waals surface area contributed by atoms with E-state index in [0.29, 0.717) is 0 Å². The average Bonchev–Trinajstić information content (AvgIpc) is 3.08. The predicted octanol–water partition coefficient (Wildman–Crippen LogP) is 3.03. The molecule has 1 aromatic rings. The van der Waals surface area contributed by atoms with Crippen molar-refractivity contribution in [3.05, 3.63) is 15.9 Å². The monoisotopic (exact) mass is 354 g/mol. The van der Waals surface area contributed by atoms with Crippen molar-refractivity contribution in [2.75, 3.05) is 26.2 Å². The van der Waals surface area contributed by atoms with Crippen LogP contribution in [0.2, 0.25) is 0 Å². The molecule has 2 saturated heterocycles. The molecule has 5 heteroatoms. The Bertz CT molecular complexity index is 479. The third kappa shape index (κ3) is 3.35. The van der Waals surface area contributed by atoms with Gasteiger partial charge in [-0.15, -0.1) is 0 Å². The fraction of sp³-hybridized carbons (Fsp3) is 0.812. The molecule has 3 heterocycles. The van der Waals surface area contributed by atoms with E-state index in [0.717, 1.165) is 24.8 Å². The second kappa shape index (κ2) is 6.80. The Labute approximate surface area is 136 Å². The largest absolute Gasteiger partial charge is 0.299 e. The highest BCUT2D eigenvalue weighted by atomic mass is 79.9. The summed E-state index contributed by atoms with van der Waals surface area (Å²) in [7, 11) is 0. The molecule has 118 valence electrons. The van der Waals surface area contributed by atoms with Crippen LogP contribution in [0.3, 0.4) is 0 Å². The van der Waals surface area contributed by atoms with Crippen LogP contribution < -0.4 is 0 Å². The summed E-state index contributed by atoms with van der Waals surface area (Å²) in [4.78, 5) is 5.33. The smallest absolute Gasteiger partial charge is 0.0739 e. The lowest BCUT2D eigenvalue weighted by Gasteiger charge is -2.32. The number of likely N-dealkylation sites (tertiary alicyclic amines) is 2. The number of piperidine rings is 1. The van der Waals surface area contributed by atoms with Gasteiger partial charge in [-0.3, -0.25) is 14.5 Å². The predicted molar refractivity (Wildman–Crippen MR) is 89.4 cm³/mol. The molecular weight excluding hydrogens is 328 g/mol. The van der Waals surface area contributed by atoms with Crippen molar-refractivity contribution in [1.82, 2.24) is 19.6 Å². The Balaban J connectivity index is 1.62. The lowest BCUT2D eigenvalue weighted by molar-refractivity contribution is 0.160. The van der Waals surface area contributed by atoms with E-state index in [1.54, 1.807) is 0 Å². The Morgan fingerprint density at radius 1 is 1.19 bits per heavy atom. The SMILES string of the molecule is CCn1nc(C)c(Br)c1CN1CCC(N2CCCCC2)C1. The van der Waals surface area contributed by atoms with Crippen LogP contribution in [0.4, 0.5) is 0 Å². The van der Waals surface area contributed by atoms with E-state index in [1.165, 1.54) is 62.0 Å². The molecule has 3 rings (SSSR count). The zero-order valence-corrected chi connectivity index (χ0v) is 14.9. The molecule has 0 spiro atoms. The van der Waals surface area contributed by atoms with Gasteiger partial charge in [-0.25, -0.2) is 0 Å². The molecule has 1 unspecified atom stereocenters. The van der Waals surface area contributed by atoms with Gasteiger partial charge in [0.25, 0.3) is 0 Å². The van der Waals surface area contributed by atoms with Crippen LogP contribution in [0.15, 0.2) is 4.47 Å². The summed E-state index contributed by atoms with van der Waals surface area (Å²) >= 11 is 3.72. The number of aromatic nitrogens is 2. The maximum Gasteiger partial charge on any atom is 0.0739 e. The lowest BCUT2D eigenvalue weighted by Crippen LogP contribution is -2.40.